The van der Waals surface area contributed by atoms with Gasteiger partial charge in [-0.25, -0.2) is 4.79 Å². The standard InChI is InChI=1S/C19H30N2O3S/c1-12-11-16(25-14(12)3)17(22)21-10-8-7-9-15(21)13(2)20-18(23)24-19(4,5)6/h11,13,15H,7-10H2,1-6H3,(H,20,23)/t13-,15-/m1/s1. The van der Waals surface area contributed by atoms with Crippen LogP contribution in [0.25, 0.3) is 0 Å². The van der Waals surface area contributed by atoms with Crippen molar-refractivity contribution in [1.29, 1.82) is 0 Å². The second kappa shape index (κ2) is 7.77. The van der Waals surface area contributed by atoms with Gasteiger partial charge >= 0.3 is 6.09 Å². The van der Waals surface area contributed by atoms with Crippen molar-refractivity contribution in [2.24, 2.45) is 0 Å². The lowest BCUT2D eigenvalue weighted by atomic mass is 9.96. The van der Waals surface area contributed by atoms with Crippen LogP contribution in [0.3, 0.4) is 0 Å². The highest BCUT2D eigenvalue weighted by molar-refractivity contribution is 7.14. The summed E-state index contributed by atoms with van der Waals surface area (Å²) in [7, 11) is 0. The van der Waals surface area contributed by atoms with E-state index < -0.39 is 11.7 Å². The van der Waals surface area contributed by atoms with Crippen LogP contribution in [0.1, 0.15) is 67.1 Å². The highest BCUT2D eigenvalue weighted by Crippen LogP contribution is 2.27. The van der Waals surface area contributed by atoms with Crippen molar-refractivity contribution in [1.82, 2.24) is 10.2 Å². The van der Waals surface area contributed by atoms with E-state index in [2.05, 4.69) is 5.32 Å². The Balaban J connectivity index is 2.09. The molecule has 1 aliphatic heterocycles. The van der Waals surface area contributed by atoms with Gasteiger partial charge in [0.25, 0.3) is 5.91 Å². The van der Waals surface area contributed by atoms with E-state index >= 15 is 0 Å². The molecule has 5 nitrogen and oxygen atoms in total. The zero-order valence-corrected chi connectivity index (χ0v) is 17.0. The van der Waals surface area contributed by atoms with Crippen molar-refractivity contribution in [3.63, 3.8) is 0 Å². The Morgan fingerprint density at radius 1 is 1.32 bits per heavy atom. The third-order valence-corrected chi connectivity index (χ3v) is 5.65. The normalized spacial score (nSPS) is 19.4. The van der Waals surface area contributed by atoms with Gasteiger partial charge < -0.3 is 15.0 Å². The minimum Gasteiger partial charge on any atom is -0.444 e. The smallest absolute Gasteiger partial charge is 0.407 e. The van der Waals surface area contributed by atoms with Gasteiger partial charge in [-0.2, -0.15) is 0 Å². The van der Waals surface area contributed by atoms with E-state index in [-0.39, 0.29) is 18.0 Å². The number of aryl methyl sites for hydroxylation is 2. The molecule has 2 atom stereocenters. The van der Waals surface area contributed by atoms with E-state index in [1.54, 1.807) is 11.3 Å². The minimum atomic E-state index is -0.530. The fourth-order valence-corrected chi connectivity index (χ4v) is 4.13. The van der Waals surface area contributed by atoms with Gasteiger partial charge in [-0.05, 0) is 72.4 Å². The van der Waals surface area contributed by atoms with E-state index in [9.17, 15) is 9.59 Å². The molecule has 0 saturated carbocycles. The van der Waals surface area contributed by atoms with E-state index in [1.165, 1.54) is 4.88 Å². The molecule has 1 fully saturated rings. The summed E-state index contributed by atoms with van der Waals surface area (Å²) < 4.78 is 5.35. The number of alkyl carbamates (subject to hydrolysis) is 1. The molecule has 0 unspecified atom stereocenters. The number of carbonyl (C=O) groups is 2. The molecule has 1 saturated heterocycles. The number of nitrogens with one attached hydrogen (secondary N) is 1. The molecule has 1 aromatic rings. The molecule has 1 aliphatic rings. The number of hydrogen-bond acceptors (Lipinski definition) is 4. The second-order valence-corrected chi connectivity index (χ2v) is 9.10. The van der Waals surface area contributed by atoms with Gasteiger partial charge in [-0.1, -0.05) is 0 Å². The van der Waals surface area contributed by atoms with Crippen LogP contribution < -0.4 is 5.32 Å². The maximum atomic E-state index is 13.0. The Labute approximate surface area is 154 Å². The second-order valence-electron chi connectivity index (χ2n) is 7.85. The van der Waals surface area contributed by atoms with Crippen LogP contribution in [-0.2, 0) is 4.74 Å². The average Bonchev–Trinajstić information content (AvgIpc) is 2.84. The number of amides is 2. The van der Waals surface area contributed by atoms with Crippen LogP contribution in [0.4, 0.5) is 4.79 Å². The van der Waals surface area contributed by atoms with Crippen LogP contribution >= 0.6 is 11.3 Å². The molecule has 0 bridgehead atoms. The summed E-state index contributed by atoms with van der Waals surface area (Å²) in [5.41, 5.74) is 0.625. The lowest BCUT2D eigenvalue weighted by molar-refractivity contribution is 0.0403. The molecule has 2 rings (SSSR count). The molecule has 0 radical (unpaired) electrons. The number of likely N-dealkylation sites (tertiary alicyclic amines) is 1. The molecule has 0 aliphatic carbocycles. The van der Waals surface area contributed by atoms with Gasteiger partial charge in [0.2, 0.25) is 0 Å². The van der Waals surface area contributed by atoms with Gasteiger partial charge in [0.15, 0.2) is 0 Å². The molecule has 2 heterocycles. The molecule has 140 valence electrons. The molecular formula is C19H30N2O3S. The van der Waals surface area contributed by atoms with Crippen molar-refractivity contribution in [3.05, 3.63) is 21.4 Å². The number of carbonyl (C=O) groups excluding carboxylic acids is 2. The van der Waals surface area contributed by atoms with Crippen LogP contribution in [0, 0.1) is 13.8 Å². The molecule has 0 aromatic carbocycles. The quantitative estimate of drug-likeness (QED) is 0.869. The summed E-state index contributed by atoms with van der Waals surface area (Å²) in [5, 5.41) is 2.91. The zero-order valence-electron chi connectivity index (χ0n) is 16.1. The van der Waals surface area contributed by atoms with Crippen molar-refractivity contribution in [2.45, 2.75) is 78.5 Å². The topological polar surface area (TPSA) is 58.6 Å². The Kier molecular flexibility index (Phi) is 6.14. The molecular weight excluding hydrogens is 336 g/mol. The van der Waals surface area contributed by atoms with Gasteiger partial charge in [0, 0.05) is 17.5 Å². The molecule has 2 amide bonds. The van der Waals surface area contributed by atoms with Crippen molar-refractivity contribution < 1.29 is 14.3 Å². The highest BCUT2D eigenvalue weighted by Gasteiger charge is 2.33. The largest absolute Gasteiger partial charge is 0.444 e. The summed E-state index contributed by atoms with van der Waals surface area (Å²) in [6.07, 6.45) is 2.54. The summed E-state index contributed by atoms with van der Waals surface area (Å²) in [6, 6.07) is 1.82. The van der Waals surface area contributed by atoms with Crippen molar-refractivity contribution >= 4 is 23.3 Å². The molecule has 1 aromatic heterocycles. The predicted molar refractivity (Wildman–Crippen MR) is 101 cm³/mol. The fraction of sp³-hybridized carbons (Fsp3) is 0.684. The lowest BCUT2D eigenvalue weighted by Crippen LogP contribution is -2.54. The van der Waals surface area contributed by atoms with Crippen LogP contribution in [-0.4, -0.2) is 41.1 Å². The van der Waals surface area contributed by atoms with Gasteiger partial charge in [0.05, 0.1) is 10.9 Å². The third-order valence-electron chi connectivity index (χ3n) is 4.51. The van der Waals surface area contributed by atoms with Crippen LogP contribution in [0.2, 0.25) is 0 Å². The Morgan fingerprint density at radius 2 is 2.00 bits per heavy atom. The van der Waals surface area contributed by atoms with Crippen LogP contribution in [0.15, 0.2) is 6.07 Å². The Bertz CT molecular complexity index is 614. The molecule has 1 N–H and O–H groups in total. The van der Waals surface area contributed by atoms with Gasteiger partial charge in [-0.3, -0.25) is 4.79 Å². The Morgan fingerprint density at radius 3 is 2.56 bits per heavy atom. The summed E-state index contributed by atoms with van der Waals surface area (Å²) >= 11 is 1.55. The van der Waals surface area contributed by atoms with Crippen molar-refractivity contribution in [2.75, 3.05) is 6.54 Å². The minimum absolute atomic E-state index is 0.00326. The SMILES string of the molecule is Cc1cc(C(=O)N2CCCC[C@@H]2[C@@H](C)NC(=O)OC(C)(C)C)sc1C. The van der Waals surface area contributed by atoms with Crippen LogP contribution in [0.5, 0.6) is 0 Å². The van der Waals surface area contributed by atoms with E-state index in [0.29, 0.717) is 0 Å². The number of hydrogen-bond donors (Lipinski definition) is 1. The fourth-order valence-electron chi connectivity index (χ4n) is 3.14. The molecule has 6 heteroatoms. The monoisotopic (exact) mass is 366 g/mol. The number of ether oxygens (including phenoxy) is 1. The van der Waals surface area contributed by atoms with E-state index in [0.717, 1.165) is 36.2 Å². The number of piperidine rings is 1. The maximum absolute atomic E-state index is 13.0. The molecule has 25 heavy (non-hydrogen) atoms. The Hall–Kier alpha value is -1.56. The first kappa shape index (κ1) is 19.8. The maximum Gasteiger partial charge on any atom is 0.407 e. The van der Waals surface area contributed by atoms with E-state index in [1.807, 2.05) is 52.5 Å². The van der Waals surface area contributed by atoms with Gasteiger partial charge in [0.1, 0.15) is 5.60 Å². The number of rotatable bonds is 3. The number of nitrogens with zero attached hydrogens (tertiary/aromatic N) is 1. The first-order chi connectivity index (χ1) is 11.6. The molecule has 0 spiro atoms. The summed E-state index contributed by atoms with van der Waals surface area (Å²) in [5.74, 6) is 0.0729. The lowest BCUT2D eigenvalue weighted by Gasteiger charge is -2.39. The van der Waals surface area contributed by atoms with E-state index in [4.69, 9.17) is 4.74 Å². The highest BCUT2D eigenvalue weighted by atomic mass is 32.1. The van der Waals surface area contributed by atoms with Crippen molar-refractivity contribution in [3.8, 4) is 0 Å². The average molecular weight is 367 g/mol. The zero-order chi connectivity index (χ0) is 18.8. The number of thiophene rings is 1. The first-order valence-electron chi connectivity index (χ1n) is 8.96. The predicted octanol–water partition coefficient (Wildman–Crippen LogP) is 4.27. The first-order valence-corrected chi connectivity index (χ1v) is 9.77. The third kappa shape index (κ3) is 5.21. The summed E-state index contributed by atoms with van der Waals surface area (Å²) in [4.78, 5) is 28.9. The van der Waals surface area contributed by atoms with Gasteiger partial charge in [-0.15, -0.1) is 11.3 Å². The summed E-state index contributed by atoms with van der Waals surface area (Å²) in [6.45, 7) is 12.3.